The maximum atomic E-state index is 13.5. The second-order valence-corrected chi connectivity index (χ2v) is 10.6. The molecule has 0 saturated carbocycles. The van der Waals surface area contributed by atoms with Crippen molar-refractivity contribution in [1.29, 1.82) is 0 Å². The summed E-state index contributed by atoms with van der Waals surface area (Å²) in [5, 5.41) is 6.77. The third kappa shape index (κ3) is 6.07. The number of alkyl halides is 6. The third-order valence-corrected chi connectivity index (χ3v) is 7.50. The van der Waals surface area contributed by atoms with Crippen LogP contribution in [0.1, 0.15) is 51.5 Å². The number of aromatic amines is 1. The molecule has 0 spiro atoms. The highest BCUT2D eigenvalue weighted by Crippen LogP contribution is 2.42. The molecule has 1 fully saturated rings. The van der Waals surface area contributed by atoms with E-state index in [9.17, 15) is 35.9 Å². The summed E-state index contributed by atoms with van der Waals surface area (Å²) >= 11 is 6.55. The predicted octanol–water partition coefficient (Wildman–Crippen LogP) is 7.32. The summed E-state index contributed by atoms with van der Waals surface area (Å²) in [6.07, 6.45) is -12.4. The highest BCUT2D eigenvalue weighted by molar-refractivity contribution is 6.33. The van der Waals surface area contributed by atoms with Crippen molar-refractivity contribution in [2.45, 2.75) is 44.9 Å². The van der Waals surface area contributed by atoms with Crippen LogP contribution in [0.15, 0.2) is 54.6 Å². The van der Waals surface area contributed by atoms with Crippen LogP contribution in [-0.4, -0.2) is 38.1 Å². The minimum atomic E-state index is -5.06. The van der Waals surface area contributed by atoms with Gasteiger partial charge in [-0.25, -0.2) is 9.78 Å². The van der Waals surface area contributed by atoms with Gasteiger partial charge < -0.3 is 10.5 Å². The highest BCUT2D eigenvalue weighted by atomic mass is 35.5. The fourth-order valence-electron chi connectivity index (χ4n) is 4.97. The van der Waals surface area contributed by atoms with Gasteiger partial charge in [0.25, 0.3) is 5.91 Å². The fraction of sp³-hybridized carbons (Fsp3) is 0.241. The number of aromatic nitrogens is 3. The van der Waals surface area contributed by atoms with Crippen molar-refractivity contribution in [3.05, 3.63) is 93.3 Å². The number of halogens is 7. The van der Waals surface area contributed by atoms with E-state index in [-0.39, 0.29) is 24.3 Å². The lowest BCUT2D eigenvalue weighted by Gasteiger charge is -2.24. The van der Waals surface area contributed by atoms with Crippen LogP contribution in [0.25, 0.3) is 22.5 Å². The van der Waals surface area contributed by atoms with Gasteiger partial charge in [-0.3, -0.25) is 14.8 Å². The lowest BCUT2D eigenvalue weighted by molar-refractivity contribution is -0.143. The first-order valence-electron chi connectivity index (χ1n) is 12.9. The minimum absolute atomic E-state index is 0.0206. The lowest BCUT2D eigenvalue weighted by Crippen LogP contribution is -2.31. The molecule has 1 aliphatic heterocycles. The number of cyclic esters (lactones) is 1. The molecule has 2 atom stereocenters. The van der Waals surface area contributed by atoms with Crippen LogP contribution >= 0.6 is 11.6 Å². The molecule has 3 aromatic carbocycles. The second-order valence-electron chi connectivity index (χ2n) is 10.2. The van der Waals surface area contributed by atoms with E-state index in [1.165, 1.54) is 11.8 Å². The van der Waals surface area contributed by atoms with Gasteiger partial charge in [-0.2, -0.15) is 31.4 Å². The number of carbonyl (C=O) groups excluding carboxylic acids is 2. The molecule has 4 aromatic rings. The van der Waals surface area contributed by atoms with Crippen LogP contribution in [0, 0.1) is 6.92 Å². The normalized spacial score (nSPS) is 17.2. The van der Waals surface area contributed by atoms with Crippen molar-refractivity contribution in [2.24, 2.45) is 5.73 Å². The van der Waals surface area contributed by atoms with E-state index in [4.69, 9.17) is 22.1 Å². The number of benzene rings is 3. The van der Waals surface area contributed by atoms with Crippen LogP contribution in [0.5, 0.6) is 0 Å². The predicted molar refractivity (Wildman–Crippen MR) is 146 cm³/mol. The molecular weight excluding hydrogens is 616 g/mol. The molecule has 15 heteroatoms. The molecule has 0 unspecified atom stereocenters. The Balaban J connectivity index is 1.50. The number of ether oxygens (including phenoxy) is 1. The van der Waals surface area contributed by atoms with Crippen molar-refractivity contribution in [3.8, 4) is 22.5 Å². The zero-order chi connectivity index (χ0) is 32.1. The zero-order valence-electron chi connectivity index (χ0n) is 22.8. The van der Waals surface area contributed by atoms with Crippen molar-refractivity contribution in [2.75, 3.05) is 0 Å². The fourth-order valence-corrected chi connectivity index (χ4v) is 5.19. The van der Waals surface area contributed by atoms with E-state index < -0.39 is 53.2 Å². The Labute approximate surface area is 250 Å². The van der Waals surface area contributed by atoms with Gasteiger partial charge in [-0.05, 0) is 66.9 Å². The Bertz CT molecular complexity index is 1740. The highest BCUT2D eigenvalue weighted by Gasteiger charge is 2.43. The Morgan fingerprint density at radius 3 is 2.25 bits per heavy atom. The largest absolute Gasteiger partial charge is 0.439 e. The van der Waals surface area contributed by atoms with Gasteiger partial charge in [0.15, 0.2) is 5.82 Å². The average Bonchev–Trinajstić information content (AvgIpc) is 3.54. The van der Waals surface area contributed by atoms with Gasteiger partial charge in [-0.1, -0.05) is 35.4 Å². The smallest absolute Gasteiger partial charge is 0.416 e. The van der Waals surface area contributed by atoms with Crippen LogP contribution in [0.4, 0.5) is 31.1 Å². The Kier molecular flexibility index (Phi) is 7.82. The molecule has 2 heterocycles. The van der Waals surface area contributed by atoms with E-state index in [1.54, 1.807) is 43.3 Å². The van der Waals surface area contributed by atoms with Crippen LogP contribution in [-0.2, 0) is 23.6 Å². The maximum Gasteiger partial charge on any atom is 0.416 e. The molecule has 3 N–H and O–H groups in total. The van der Waals surface area contributed by atoms with E-state index in [0.29, 0.717) is 39.4 Å². The first-order chi connectivity index (χ1) is 20.5. The number of carbonyl (C=O) groups is 2. The molecule has 1 saturated heterocycles. The molecular formula is C29H22ClF6N5O3. The topological polar surface area (TPSA) is 114 Å². The number of amides is 2. The number of H-pyrrole nitrogens is 1. The minimum Gasteiger partial charge on any atom is -0.439 e. The Morgan fingerprint density at radius 1 is 1.00 bits per heavy atom. The first-order valence-corrected chi connectivity index (χ1v) is 13.3. The van der Waals surface area contributed by atoms with Gasteiger partial charge in [0, 0.05) is 16.1 Å². The monoisotopic (exact) mass is 637 g/mol. The summed E-state index contributed by atoms with van der Waals surface area (Å²) < 4.78 is 86.3. The summed E-state index contributed by atoms with van der Waals surface area (Å²) in [6.45, 7) is 3.18. The number of nitrogens with one attached hydrogen (secondary N) is 1. The summed E-state index contributed by atoms with van der Waals surface area (Å²) in [7, 11) is 0. The Morgan fingerprint density at radius 2 is 1.66 bits per heavy atom. The standard InChI is InChI=1S/C29H22ClF6N5O3/c1-13-3-5-20(21-10-15(4-6-22(21)30)25-38-26(24(37)42)40-39-25)17(7-13)12-41-14(2)23(44-27(41)43)16-8-18(28(31,32)33)11-19(9-16)29(34,35)36/h3-11,14,23H,12H2,1-2H3,(H2,37,42)(H,38,39,40)/t14-,23-/m0/s1. The molecule has 1 aromatic heterocycles. The number of aryl methyl sites for hydroxylation is 1. The van der Waals surface area contributed by atoms with Gasteiger partial charge in [0.05, 0.1) is 23.7 Å². The number of primary amides is 1. The maximum absolute atomic E-state index is 13.5. The lowest BCUT2D eigenvalue weighted by atomic mass is 9.94. The van der Waals surface area contributed by atoms with Crippen molar-refractivity contribution in [1.82, 2.24) is 20.1 Å². The van der Waals surface area contributed by atoms with Crippen LogP contribution in [0.2, 0.25) is 5.02 Å². The van der Waals surface area contributed by atoms with E-state index >= 15 is 0 Å². The summed E-state index contributed by atoms with van der Waals surface area (Å²) in [6, 6.07) is 10.4. The summed E-state index contributed by atoms with van der Waals surface area (Å²) in [5.74, 6) is -0.778. The van der Waals surface area contributed by atoms with Crippen molar-refractivity contribution < 1.29 is 40.7 Å². The van der Waals surface area contributed by atoms with E-state index in [1.807, 2.05) is 0 Å². The molecule has 5 rings (SSSR count). The first kappa shape index (κ1) is 30.9. The number of rotatable bonds is 6. The van der Waals surface area contributed by atoms with Gasteiger partial charge in [0.1, 0.15) is 6.10 Å². The van der Waals surface area contributed by atoms with E-state index in [2.05, 4.69) is 15.2 Å². The van der Waals surface area contributed by atoms with Gasteiger partial charge >= 0.3 is 18.4 Å². The quantitative estimate of drug-likeness (QED) is 0.215. The van der Waals surface area contributed by atoms with Crippen LogP contribution < -0.4 is 5.73 Å². The number of nitrogens with zero attached hydrogens (tertiary/aromatic N) is 3. The summed E-state index contributed by atoms with van der Waals surface area (Å²) in [5.41, 5.74) is 4.75. The molecule has 44 heavy (non-hydrogen) atoms. The Hall–Kier alpha value is -4.59. The summed E-state index contributed by atoms with van der Waals surface area (Å²) in [4.78, 5) is 29.7. The molecule has 1 aliphatic rings. The molecule has 8 nitrogen and oxygen atoms in total. The SMILES string of the molecule is Cc1ccc(-c2cc(-c3n[nH]c(C(N)=O)n3)ccc2Cl)c(CN2C(=O)O[C@H](c3cc(C(F)(F)F)cc(C(F)(F)F)c3)[C@@H]2C)c1. The molecule has 0 aliphatic carbocycles. The zero-order valence-corrected chi connectivity index (χ0v) is 23.6. The molecule has 230 valence electrons. The molecule has 2 amide bonds. The second kappa shape index (κ2) is 11.2. The number of hydrogen-bond donors (Lipinski definition) is 2. The van der Waals surface area contributed by atoms with Gasteiger partial charge in [0.2, 0.25) is 5.82 Å². The molecule has 0 radical (unpaired) electrons. The van der Waals surface area contributed by atoms with Crippen LogP contribution in [0.3, 0.4) is 0 Å². The average molecular weight is 638 g/mol. The van der Waals surface area contributed by atoms with Gasteiger partial charge in [-0.15, -0.1) is 0 Å². The molecule has 0 bridgehead atoms. The van der Waals surface area contributed by atoms with Crippen molar-refractivity contribution >= 4 is 23.6 Å². The van der Waals surface area contributed by atoms with E-state index in [0.717, 1.165) is 5.56 Å². The third-order valence-electron chi connectivity index (χ3n) is 7.17. The number of nitrogens with two attached hydrogens (primary N) is 1. The van der Waals surface area contributed by atoms with Crippen molar-refractivity contribution in [3.63, 3.8) is 0 Å². The number of hydrogen-bond acceptors (Lipinski definition) is 5.